The Balaban J connectivity index is 1.58. The first-order valence-electron chi connectivity index (χ1n) is 9.50. The average molecular weight is 387 g/mol. The number of nitrogens with one attached hydrogen (secondary N) is 1. The highest BCUT2D eigenvalue weighted by Gasteiger charge is 2.12. The Morgan fingerprint density at radius 1 is 0.793 bits per heavy atom. The van der Waals surface area contributed by atoms with Gasteiger partial charge in [0.05, 0.1) is 7.11 Å². The van der Waals surface area contributed by atoms with E-state index in [0.717, 1.165) is 16.6 Å². The zero-order valence-corrected chi connectivity index (χ0v) is 16.2. The summed E-state index contributed by atoms with van der Waals surface area (Å²) in [4.78, 5) is 0. The van der Waals surface area contributed by atoms with Crippen LogP contribution in [0.3, 0.4) is 0 Å². The number of fused-ring (bicyclic) bond motifs is 1. The fourth-order valence-electron chi connectivity index (χ4n) is 3.36. The molecule has 0 aliphatic carbocycles. The molecule has 146 valence electrons. The molecule has 4 aromatic rings. The molecule has 4 aromatic carbocycles. The molecule has 0 radical (unpaired) electrons. The lowest BCUT2D eigenvalue weighted by Gasteiger charge is -2.17. The van der Waals surface area contributed by atoms with Gasteiger partial charge in [0.2, 0.25) is 0 Å². The topological polar surface area (TPSA) is 30.5 Å². The highest BCUT2D eigenvalue weighted by Crippen LogP contribution is 2.33. The minimum absolute atomic E-state index is 0.133. The molecule has 0 fully saturated rings. The number of hydrogen-bond donors (Lipinski definition) is 1. The lowest BCUT2D eigenvalue weighted by atomic mass is 10.1. The first kappa shape index (κ1) is 18.8. The second-order valence-electron chi connectivity index (χ2n) is 6.71. The van der Waals surface area contributed by atoms with Gasteiger partial charge in [-0.3, -0.25) is 0 Å². The van der Waals surface area contributed by atoms with Crippen molar-refractivity contribution in [2.24, 2.45) is 0 Å². The summed E-state index contributed by atoms with van der Waals surface area (Å²) in [6.45, 7) is 0.687. The van der Waals surface area contributed by atoms with Gasteiger partial charge in [-0.15, -0.1) is 0 Å². The quantitative estimate of drug-likeness (QED) is 0.411. The number of hydrogen-bond acceptors (Lipinski definition) is 3. The van der Waals surface area contributed by atoms with E-state index < -0.39 is 0 Å². The third-order valence-electron chi connectivity index (χ3n) is 4.87. The largest absolute Gasteiger partial charge is 0.493 e. The van der Waals surface area contributed by atoms with Crippen LogP contribution < -0.4 is 14.8 Å². The number of ether oxygens (including phenoxy) is 2. The summed E-state index contributed by atoms with van der Waals surface area (Å²) < 4.78 is 25.4. The highest BCUT2D eigenvalue weighted by atomic mass is 19.1. The van der Waals surface area contributed by atoms with E-state index in [1.807, 2.05) is 36.4 Å². The molecule has 0 heterocycles. The van der Waals surface area contributed by atoms with Gasteiger partial charge in [0, 0.05) is 28.7 Å². The van der Waals surface area contributed by atoms with Crippen molar-refractivity contribution in [3.8, 4) is 11.5 Å². The predicted octanol–water partition coefficient (Wildman–Crippen LogP) is 6.18. The lowest BCUT2D eigenvalue weighted by molar-refractivity contribution is 0.277. The van der Waals surface area contributed by atoms with E-state index in [4.69, 9.17) is 9.47 Å². The summed E-state index contributed by atoms with van der Waals surface area (Å²) in [6.07, 6.45) is 0. The van der Waals surface area contributed by atoms with Gasteiger partial charge < -0.3 is 14.8 Å². The van der Waals surface area contributed by atoms with Crippen LogP contribution in [-0.4, -0.2) is 7.11 Å². The molecule has 29 heavy (non-hydrogen) atoms. The lowest BCUT2D eigenvalue weighted by Crippen LogP contribution is -2.06. The van der Waals surface area contributed by atoms with Crippen LogP contribution in [0.4, 0.5) is 10.1 Å². The number of anilines is 1. The Morgan fingerprint density at radius 2 is 1.52 bits per heavy atom. The monoisotopic (exact) mass is 387 g/mol. The van der Waals surface area contributed by atoms with Gasteiger partial charge in [-0.05, 0) is 23.6 Å². The van der Waals surface area contributed by atoms with Crippen LogP contribution in [0.5, 0.6) is 11.5 Å². The van der Waals surface area contributed by atoms with E-state index in [9.17, 15) is 4.39 Å². The smallest absolute Gasteiger partial charge is 0.166 e. The van der Waals surface area contributed by atoms with Crippen molar-refractivity contribution in [1.29, 1.82) is 0 Å². The zero-order valence-electron chi connectivity index (χ0n) is 16.2. The molecule has 0 spiro atoms. The Labute approximate surface area is 169 Å². The van der Waals surface area contributed by atoms with Crippen LogP contribution in [0.1, 0.15) is 11.1 Å². The van der Waals surface area contributed by atoms with Crippen molar-refractivity contribution in [3.05, 3.63) is 102 Å². The predicted molar refractivity (Wildman–Crippen MR) is 115 cm³/mol. The van der Waals surface area contributed by atoms with Crippen molar-refractivity contribution >= 4 is 16.5 Å². The van der Waals surface area contributed by atoms with Gasteiger partial charge in [0.15, 0.2) is 11.5 Å². The van der Waals surface area contributed by atoms with Gasteiger partial charge in [0.1, 0.15) is 12.4 Å². The fourth-order valence-corrected chi connectivity index (χ4v) is 3.36. The first-order chi connectivity index (χ1) is 14.3. The molecule has 1 N–H and O–H groups in total. The Hall–Kier alpha value is -3.53. The molecule has 3 nitrogen and oxygen atoms in total. The van der Waals surface area contributed by atoms with Gasteiger partial charge in [-0.1, -0.05) is 66.7 Å². The average Bonchev–Trinajstić information content (AvgIpc) is 2.77. The van der Waals surface area contributed by atoms with Crippen LogP contribution in [0, 0.1) is 5.82 Å². The van der Waals surface area contributed by atoms with Gasteiger partial charge in [-0.2, -0.15) is 0 Å². The maximum absolute atomic E-state index is 14.0. The molecule has 0 aliphatic rings. The SMILES string of the molecule is COc1cccc(CNc2cccc3ccccc23)c1OCc1ccccc1F. The Morgan fingerprint density at radius 3 is 2.38 bits per heavy atom. The van der Waals surface area contributed by atoms with E-state index in [0.29, 0.717) is 23.6 Å². The zero-order chi connectivity index (χ0) is 20.1. The molecule has 0 aromatic heterocycles. The van der Waals surface area contributed by atoms with E-state index in [-0.39, 0.29) is 12.4 Å². The van der Waals surface area contributed by atoms with E-state index in [1.54, 1.807) is 25.3 Å². The minimum atomic E-state index is -0.280. The van der Waals surface area contributed by atoms with Crippen LogP contribution in [0.15, 0.2) is 84.9 Å². The Kier molecular flexibility index (Phi) is 5.61. The number of para-hydroxylation sites is 1. The molecule has 0 aliphatic heterocycles. The molecule has 0 bridgehead atoms. The van der Waals surface area contributed by atoms with Gasteiger partial charge >= 0.3 is 0 Å². The molecule has 4 rings (SSSR count). The maximum Gasteiger partial charge on any atom is 0.166 e. The van der Waals surface area contributed by atoms with E-state index >= 15 is 0 Å². The van der Waals surface area contributed by atoms with Gasteiger partial charge in [0.25, 0.3) is 0 Å². The van der Waals surface area contributed by atoms with Crippen LogP contribution >= 0.6 is 0 Å². The van der Waals surface area contributed by atoms with E-state index in [1.165, 1.54) is 11.5 Å². The normalized spacial score (nSPS) is 10.7. The summed E-state index contributed by atoms with van der Waals surface area (Å²) in [5.41, 5.74) is 2.49. The first-order valence-corrected chi connectivity index (χ1v) is 9.50. The molecule has 4 heteroatoms. The van der Waals surface area contributed by atoms with Crippen molar-refractivity contribution < 1.29 is 13.9 Å². The second kappa shape index (κ2) is 8.65. The summed E-state index contributed by atoms with van der Waals surface area (Å²) in [6, 6.07) is 26.8. The van der Waals surface area contributed by atoms with Crippen molar-refractivity contribution in [1.82, 2.24) is 0 Å². The third kappa shape index (κ3) is 4.16. The third-order valence-corrected chi connectivity index (χ3v) is 4.87. The van der Waals surface area contributed by atoms with Crippen LogP contribution in [0.25, 0.3) is 10.8 Å². The van der Waals surface area contributed by atoms with Gasteiger partial charge in [-0.25, -0.2) is 4.39 Å². The van der Waals surface area contributed by atoms with Crippen molar-refractivity contribution in [2.75, 3.05) is 12.4 Å². The fraction of sp³-hybridized carbons (Fsp3) is 0.120. The summed E-state index contributed by atoms with van der Waals surface area (Å²) in [5, 5.41) is 5.83. The summed E-state index contributed by atoms with van der Waals surface area (Å²) in [5.74, 6) is 0.961. The van der Waals surface area contributed by atoms with Crippen LogP contribution in [0.2, 0.25) is 0 Å². The number of rotatable bonds is 7. The minimum Gasteiger partial charge on any atom is -0.493 e. The molecule has 0 saturated carbocycles. The Bertz CT molecular complexity index is 1120. The second-order valence-corrected chi connectivity index (χ2v) is 6.71. The maximum atomic E-state index is 14.0. The molecular weight excluding hydrogens is 365 g/mol. The number of benzene rings is 4. The van der Waals surface area contributed by atoms with E-state index in [2.05, 4.69) is 29.6 Å². The summed E-state index contributed by atoms with van der Waals surface area (Å²) in [7, 11) is 1.60. The molecular formula is C25H22FNO2. The number of halogens is 1. The molecule has 0 unspecified atom stereocenters. The van der Waals surface area contributed by atoms with Crippen molar-refractivity contribution in [3.63, 3.8) is 0 Å². The van der Waals surface area contributed by atoms with Crippen molar-refractivity contribution in [2.45, 2.75) is 13.2 Å². The molecule has 0 amide bonds. The highest BCUT2D eigenvalue weighted by molar-refractivity contribution is 5.93. The summed E-state index contributed by atoms with van der Waals surface area (Å²) >= 11 is 0. The number of methoxy groups -OCH3 is 1. The molecule has 0 saturated heterocycles. The molecule has 0 atom stereocenters. The van der Waals surface area contributed by atoms with Crippen LogP contribution in [-0.2, 0) is 13.2 Å². The standard InChI is InChI=1S/C25H22FNO2/c1-28-24-15-7-11-19(25(24)29-17-20-9-3-5-13-22(20)26)16-27-23-14-6-10-18-8-2-4-12-21(18)23/h2-15,27H,16-17H2,1H3.